The minimum absolute atomic E-state index is 0.0116. The fourth-order valence-corrected chi connectivity index (χ4v) is 4.06. The Hall–Kier alpha value is -2.17. The maximum Gasteiger partial charge on any atom is 0.325 e. The number of ether oxygens (including phenoxy) is 2. The Morgan fingerprint density at radius 2 is 1.85 bits per heavy atom. The highest BCUT2D eigenvalue weighted by Crippen LogP contribution is 2.26. The van der Waals surface area contributed by atoms with E-state index in [-0.39, 0.29) is 24.5 Å². The highest BCUT2D eigenvalue weighted by atomic mass is 32.2. The predicted octanol–water partition coefficient (Wildman–Crippen LogP) is 0.326. The van der Waals surface area contributed by atoms with Crippen molar-refractivity contribution in [3.8, 4) is 5.75 Å². The monoisotopic (exact) mass is 388 g/mol. The van der Waals surface area contributed by atoms with E-state index in [0.717, 1.165) is 7.11 Å². The molecule has 0 fully saturated rings. The largest absolute Gasteiger partial charge is 0.494 e. The van der Waals surface area contributed by atoms with Gasteiger partial charge in [-0.25, -0.2) is 8.42 Å². The van der Waals surface area contributed by atoms with Gasteiger partial charge in [0.05, 0.1) is 18.6 Å². The van der Waals surface area contributed by atoms with Gasteiger partial charge < -0.3 is 20.3 Å². The molecule has 26 heavy (non-hydrogen) atoms. The molecule has 10 heteroatoms. The molecule has 1 unspecified atom stereocenters. The topological polar surface area (TPSA) is 145 Å². The van der Waals surface area contributed by atoms with Gasteiger partial charge >= 0.3 is 11.9 Å². The Morgan fingerprint density at radius 3 is 2.31 bits per heavy atom. The minimum Gasteiger partial charge on any atom is -0.494 e. The molecular formula is C16H24N2O7S. The summed E-state index contributed by atoms with van der Waals surface area (Å²) in [6, 6.07) is 1.89. The van der Waals surface area contributed by atoms with Crippen LogP contribution in [0.2, 0.25) is 0 Å². The Bertz CT molecular complexity index is 739. The smallest absolute Gasteiger partial charge is 0.325 e. The first kappa shape index (κ1) is 21.9. The molecule has 0 aromatic heterocycles. The van der Waals surface area contributed by atoms with Crippen LogP contribution < -0.4 is 15.2 Å². The van der Waals surface area contributed by atoms with Crippen LogP contribution in [-0.2, 0) is 24.3 Å². The molecule has 0 saturated carbocycles. The van der Waals surface area contributed by atoms with Crippen LogP contribution in [0.5, 0.6) is 5.75 Å². The van der Waals surface area contributed by atoms with Crippen LogP contribution in [0.25, 0.3) is 0 Å². The van der Waals surface area contributed by atoms with Crippen molar-refractivity contribution >= 4 is 22.0 Å². The molecule has 0 radical (unpaired) electrons. The molecule has 1 aromatic carbocycles. The first-order chi connectivity index (χ1) is 12.1. The van der Waals surface area contributed by atoms with Crippen molar-refractivity contribution in [2.24, 2.45) is 5.73 Å². The third kappa shape index (κ3) is 5.97. The van der Waals surface area contributed by atoms with Gasteiger partial charge in [0.25, 0.3) is 0 Å². The molecule has 4 N–H and O–H groups in total. The second-order valence-electron chi connectivity index (χ2n) is 5.66. The van der Waals surface area contributed by atoms with E-state index >= 15 is 0 Å². The van der Waals surface area contributed by atoms with Gasteiger partial charge in [0, 0.05) is 13.0 Å². The number of hydrogen-bond donors (Lipinski definition) is 3. The third-order valence-electron chi connectivity index (χ3n) is 3.53. The van der Waals surface area contributed by atoms with Crippen LogP contribution in [0, 0.1) is 13.8 Å². The highest BCUT2D eigenvalue weighted by Gasteiger charge is 2.28. The number of aliphatic carboxylic acids is 1. The lowest BCUT2D eigenvalue weighted by Gasteiger charge is -2.18. The van der Waals surface area contributed by atoms with Gasteiger partial charge in [-0.05, 0) is 43.5 Å². The second kappa shape index (κ2) is 9.51. The predicted molar refractivity (Wildman–Crippen MR) is 93.5 cm³/mol. The zero-order valence-corrected chi connectivity index (χ0v) is 15.8. The van der Waals surface area contributed by atoms with Crippen molar-refractivity contribution in [2.75, 3.05) is 20.3 Å². The molecule has 0 heterocycles. The molecule has 0 saturated heterocycles. The number of carbonyl (C=O) groups excluding carboxylic acids is 1. The maximum absolute atomic E-state index is 12.6. The molecule has 0 aliphatic heterocycles. The first-order valence-corrected chi connectivity index (χ1v) is 9.36. The Kier molecular flexibility index (Phi) is 8.00. The van der Waals surface area contributed by atoms with E-state index in [1.807, 2.05) is 0 Å². The summed E-state index contributed by atoms with van der Waals surface area (Å²) in [5.74, 6) is -1.24. The van der Waals surface area contributed by atoms with E-state index in [0.29, 0.717) is 23.3 Å². The van der Waals surface area contributed by atoms with Crippen molar-refractivity contribution in [3.63, 3.8) is 0 Å². The number of esters is 1. The molecule has 1 rings (SSSR count). The van der Waals surface area contributed by atoms with Crippen LogP contribution in [0.1, 0.15) is 24.0 Å². The fraction of sp³-hybridized carbons (Fsp3) is 0.500. The maximum atomic E-state index is 12.6. The van der Waals surface area contributed by atoms with Gasteiger partial charge in [0.1, 0.15) is 11.8 Å². The summed E-state index contributed by atoms with van der Waals surface area (Å²) in [5.41, 5.74) is 6.28. The fourth-order valence-electron chi connectivity index (χ4n) is 2.41. The lowest BCUT2D eigenvalue weighted by molar-refractivity contribution is -0.142. The number of rotatable bonds is 10. The van der Waals surface area contributed by atoms with Crippen molar-refractivity contribution in [1.82, 2.24) is 4.72 Å². The number of methoxy groups -OCH3 is 1. The SMILES string of the molecule is COC(=O)C(CN)NS(=O)(=O)c1c(C)cc(OCCCC(=O)O)cc1C. The number of hydrogen-bond acceptors (Lipinski definition) is 7. The Labute approximate surface area is 152 Å². The number of aryl methyl sites for hydroxylation is 2. The van der Waals surface area contributed by atoms with Crippen LogP contribution in [0.4, 0.5) is 0 Å². The van der Waals surface area contributed by atoms with Crippen LogP contribution in [0.15, 0.2) is 17.0 Å². The first-order valence-electron chi connectivity index (χ1n) is 7.88. The molecule has 0 spiro atoms. The number of benzene rings is 1. The quantitative estimate of drug-likeness (QED) is 0.384. The third-order valence-corrected chi connectivity index (χ3v) is 5.30. The van der Waals surface area contributed by atoms with Crippen molar-refractivity contribution in [1.29, 1.82) is 0 Å². The molecule has 0 aliphatic carbocycles. The van der Waals surface area contributed by atoms with E-state index in [4.69, 9.17) is 15.6 Å². The number of sulfonamides is 1. The summed E-state index contributed by atoms with van der Waals surface area (Å²) in [7, 11) is -2.86. The molecule has 1 aromatic rings. The number of nitrogens with two attached hydrogens (primary N) is 1. The number of carboxylic acid groups (broad SMARTS) is 1. The van der Waals surface area contributed by atoms with Gasteiger partial charge in [-0.15, -0.1) is 0 Å². The standard InChI is InChI=1S/C16H24N2O7S/c1-10-7-12(25-6-4-5-14(19)20)8-11(2)15(10)26(22,23)18-13(9-17)16(21)24-3/h7-8,13,18H,4-6,9,17H2,1-3H3,(H,19,20). The summed E-state index contributed by atoms with van der Waals surface area (Å²) in [6.07, 6.45) is 0.328. The molecule has 146 valence electrons. The number of nitrogens with one attached hydrogen (secondary N) is 1. The van der Waals surface area contributed by atoms with Gasteiger partial charge in [-0.1, -0.05) is 0 Å². The lowest BCUT2D eigenvalue weighted by Crippen LogP contribution is -2.46. The van der Waals surface area contributed by atoms with Gasteiger partial charge in [-0.3, -0.25) is 9.59 Å². The van der Waals surface area contributed by atoms with Gasteiger partial charge in [0.15, 0.2) is 0 Å². The Morgan fingerprint density at radius 1 is 1.27 bits per heavy atom. The number of carboxylic acids is 1. The van der Waals surface area contributed by atoms with E-state index in [1.165, 1.54) is 12.1 Å². The minimum atomic E-state index is -4.01. The van der Waals surface area contributed by atoms with Crippen LogP contribution in [0.3, 0.4) is 0 Å². The molecule has 0 amide bonds. The zero-order valence-electron chi connectivity index (χ0n) is 14.9. The van der Waals surface area contributed by atoms with Crippen molar-refractivity contribution in [3.05, 3.63) is 23.3 Å². The van der Waals surface area contributed by atoms with Crippen molar-refractivity contribution in [2.45, 2.75) is 37.6 Å². The second-order valence-corrected chi connectivity index (χ2v) is 7.32. The highest BCUT2D eigenvalue weighted by molar-refractivity contribution is 7.89. The summed E-state index contributed by atoms with van der Waals surface area (Å²) in [5, 5.41) is 8.60. The average Bonchev–Trinajstić information content (AvgIpc) is 2.54. The van der Waals surface area contributed by atoms with E-state index in [9.17, 15) is 18.0 Å². The van der Waals surface area contributed by atoms with E-state index < -0.39 is 28.0 Å². The summed E-state index contributed by atoms with van der Waals surface area (Å²) in [6.45, 7) is 3.16. The summed E-state index contributed by atoms with van der Waals surface area (Å²) >= 11 is 0. The van der Waals surface area contributed by atoms with E-state index in [1.54, 1.807) is 13.8 Å². The van der Waals surface area contributed by atoms with E-state index in [2.05, 4.69) is 9.46 Å². The van der Waals surface area contributed by atoms with Crippen molar-refractivity contribution < 1.29 is 32.6 Å². The molecular weight excluding hydrogens is 364 g/mol. The van der Waals surface area contributed by atoms with Gasteiger partial charge in [0.2, 0.25) is 10.0 Å². The molecule has 0 aliphatic rings. The summed E-state index contributed by atoms with van der Waals surface area (Å²) < 4.78 is 37.5. The molecule has 9 nitrogen and oxygen atoms in total. The molecule has 1 atom stereocenters. The average molecular weight is 388 g/mol. The summed E-state index contributed by atoms with van der Waals surface area (Å²) in [4.78, 5) is 22.1. The van der Waals surface area contributed by atoms with Crippen LogP contribution in [-0.4, -0.2) is 51.8 Å². The molecule has 0 bridgehead atoms. The van der Waals surface area contributed by atoms with Gasteiger partial charge in [-0.2, -0.15) is 4.72 Å². The normalized spacial score (nSPS) is 12.5. The van der Waals surface area contributed by atoms with Crippen LogP contribution >= 0.6 is 0 Å². The zero-order chi connectivity index (χ0) is 19.9. The Balaban J connectivity index is 2.99. The lowest BCUT2D eigenvalue weighted by atomic mass is 10.1. The number of carbonyl (C=O) groups is 2.